The van der Waals surface area contributed by atoms with E-state index in [0.29, 0.717) is 0 Å². The normalized spacial score (nSPS) is 38.4. The molecule has 2 atom stereocenters. The Morgan fingerprint density at radius 3 is 1.81 bits per heavy atom. The molecule has 96 valence electrons. The Bertz CT molecular complexity index is 292. The number of hydrogen-bond donors (Lipinski definition) is 0. The Morgan fingerprint density at radius 2 is 1.44 bits per heavy atom. The summed E-state index contributed by atoms with van der Waals surface area (Å²) in [6.45, 7) is 0. The second-order valence-corrected chi connectivity index (χ2v) is 9.55. The van der Waals surface area contributed by atoms with Crippen molar-refractivity contribution in [1.29, 1.82) is 0 Å². The van der Waals surface area contributed by atoms with Gasteiger partial charge in [0.05, 0.1) is 5.38 Å². The van der Waals surface area contributed by atoms with E-state index in [1.165, 1.54) is 0 Å². The number of hydrogen-bond acceptors (Lipinski definition) is 0. The van der Waals surface area contributed by atoms with Crippen LogP contribution in [0.25, 0.3) is 0 Å². The van der Waals surface area contributed by atoms with Gasteiger partial charge in [0.15, 0.2) is 13.2 Å². The van der Waals surface area contributed by atoms with Gasteiger partial charge in [-0.25, -0.2) is 12.3 Å². The molecule has 10 heteroatoms. The molecule has 0 radical (unpaired) electrons. The summed E-state index contributed by atoms with van der Waals surface area (Å²) in [4.78, 5) is 0. The fourth-order valence-electron chi connectivity index (χ4n) is 1.44. The summed E-state index contributed by atoms with van der Waals surface area (Å²) in [6.07, 6.45) is -0.599. The molecule has 1 fully saturated rings. The Kier molecular flexibility index (Phi) is 4.34. The fraction of sp³-hybridized carbons (Fsp3) is 1.00. The SMILES string of the molecule is F[Si](F)(F)C1(Cl)CCC(Cl)C(Cl)(Cl)C1(Cl)Cl. The second kappa shape index (κ2) is 4.39. The van der Waals surface area contributed by atoms with Crippen LogP contribution in [0.2, 0.25) is 0 Å². The maximum Gasteiger partial charge on any atom is 0.641 e. The highest BCUT2D eigenvalue weighted by atomic mass is 35.5. The van der Waals surface area contributed by atoms with E-state index in [1.54, 1.807) is 0 Å². The van der Waals surface area contributed by atoms with Crippen molar-refractivity contribution in [2.24, 2.45) is 0 Å². The van der Waals surface area contributed by atoms with Gasteiger partial charge in [-0.05, 0) is 12.8 Å². The molecule has 0 aromatic carbocycles. The zero-order valence-electron chi connectivity index (χ0n) is 7.39. The predicted molar refractivity (Wildman–Crippen MR) is 65.4 cm³/mol. The molecule has 0 nitrogen and oxygen atoms in total. The van der Waals surface area contributed by atoms with Crippen LogP contribution in [0.1, 0.15) is 12.8 Å². The summed E-state index contributed by atoms with van der Waals surface area (Å²) in [6, 6.07) is 0. The van der Waals surface area contributed by atoms with Gasteiger partial charge in [0.1, 0.15) is 0 Å². The first-order chi connectivity index (χ1) is 6.88. The van der Waals surface area contributed by atoms with E-state index in [4.69, 9.17) is 69.6 Å². The van der Waals surface area contributed by atoms with Gasteiger partial charge >= 0.3 is 9.08 Å². The lowest BCUT2D eigenvalue weighted by molar-refractivity contribution is 0.333. The van der Waals surface area contributed by atoms with Gasteiger partial charge in [0.25, 0.3) is 0 Å². The lowest BCUT2D eigenvalue weighted by Crippen LogP contribution is -2.68. The molecule has 0 amide bonds. The first-order valence-electron chi connectivity index (χ1n) is 4.03. The fourth-order valence-corrected chi connectivity index (χ4v) is 4.96. The van der Waals surface area contributed by atoms with Crippen LogP contribution in [0.5, 0.6) is 0 Å². The van der Waals surface area contributed by atoms with Crippen molar-refractivity contribution in [2.75, 3.05) is 0 Å². The topological polar surface area (TPSA) is 0 Å². The summed E-state index contributed by atoms with van der Waals surface area (Å²) in [7, 11) is -6.36. The Labute approximate surface area is 122 Å². The molecule has 0 bridgehead atoms. The van der Waals surface area contributed by atoms with Crippen LogP contribution in [0.3, 0.4) is 0 Å². The molecule has 16 heavy (non-hydrogen) atoms. The molecule has 0 heterocycles. The minimum absolute atomic E-state index is 0.105. The van der Waals surface area contributed by atoms with Crippen LogP contribution < -0.4 is 0 Å². The molecule has 1 rings (SSSR count). The summed E-state index contributed by atoms with van der Waals surface area (Å²) < 4.78 is 31.4. The molecule has 1 aliphatic carbocycles. The van der Waals surface area contributed by atoms with Crippen molar-refractivity contribution in [3.8, 4) is 0 Å². The van der Waals surface area contributed by atoms with Gasteiger partial charge in [-0.15, -0.1) is 23.2 Å². The monoisotopic (exact) mass is 372 g/mol. The molecule has 1 saturated carbocycles. The predicted octanol–water partition coefficient (Wildman–Crippen LogP) is 5.10. The highest BCUT2D eigenvalue weighted by Gasteiger charge is 2.78. The standard InChI is InChI=1S/C6H5Cl6F3Si/c7-3-1-2-4(8,16(13,14)15)6(11,12)5(3,9)10/h3H,1-2H2. The van der Waals surface area contributed by atoms with Gasteiger partial charge in [-0.2, -0.15) is 0 Å². The molecule has 1 aliphatic rings. The average Bonchev–Trinajstić information content (AvgIpc) is 2.08. The Morgan fingerprint density at radius 1 is 1.00 bits per heavy atom. The van der Waals surface area contributed by atoms with Gasteiger partial charge in [0, 0.05) is 0 Å². The highest BCUT2D eigenvalue weighted by molar-refractivity contribution is 6.80. The summed E-state index contributed by atoms with van der Waals surface area (Å²) >= 11 is 34.0. The van der Waals surface area contributed by atoms with Gasteiger partial charge in [-0.3, -0.25) is 0 Å². The molecule has 0 N–H and O–H groups in total. The molecule has 0 aromatic heterocycles. The first-order valence-corrected chi connectivity index (χ1v) is 7.99. The number of alkyl halides is 6. The van der Waals surface area contributed by atoms with Gasteiger partial charge < -0.3 is 0 Å². The van der Waals surface area contributed by atoms with E-state index < -0.39 is 34.0 Å². The zero-order chi connectivity index (χ0) is 13.0. The van der Waals surface area contributed by atoms with Gasteiger partial charge in [0.2, 0.25) is 0 Å². The maximum absolute atomic E-state index is 13.0. The van der Waals surface area contributed by atoms with E-state index in [9.17, 15) is 12.3 Å². The second-order valence-electron chi connectivity index (χ2n) is 3.50. The first kappa shape index (κ1) is 15.8. The molecular formula is C6H5Cl6F3Si. The summed E-state index contributed by atoms with van der Waals surface area (Å²) in [5, 5.41) is -0.992. The van der Waals surface area contributed by atoms with Crippen LogP contribution in [0.4, 0.5) is 12.3 Å². The molecule has 2 unspecified atom stereocenters. The number of halogens is 9. The van der Waals surface area contributed by atoms with E-state index in [2.05, 4.69) is 0 Å². The van der Waals surface area contributed by atoms with Gasteiger partial charge in [-0.1, -0.05) is 46.4 Å². The molecule has 0 aliphatic heterocycles. The summed E-state index contributed by atoms with van der Waals surface area (Å²) in [5.74, 6) is 0. The highest BCUT2D eigenvalue weighted by Crippen LogP contribution is 2.63. The Hall–Kier alpha value is 1.75. The Balaban J connectivity index is 3.27. The van der Waals surface area contributed by atoms with E-state index in [-0.39, 0.29) is 6.42 Å². The zero-order valence-corrected chi connectivity index (χ0v) is 12.9. The smallest absolute Gasteiger partial charge is 0.237 e. The minimum Gasteiger partial charge on any atom is -0.237 e. The molecule has 0 spiro atoms. The lowest BCUT2D eigenvalue weighted by atomic mass is 9.96. The third-order valence-electron chi connectivity index (χ3n) is 2.50. The van der Waals surface area contributed by atoms with E-state index in [1.807, 2.05) is 0 Å². The van der Waals surface area contributed by atoms with Crippen LogP contribution in [-0.2, 0) is 0 Å². The third kappa shape index (κ3) is 2.06. The van der Waals surface area contributed by atoms with Crippen molar-refractivity contribution in [2.45, 2.75) is 31.4 Å². The summed E-state index contributed by atoms with van der Waals surface area (Å²) in [5.41, 5.74) is 0. The molecular weight excluding hydrogens is 370 g/mol. The van der Waals surface area contributed by atoms with Crippen LogP contribution in [0, 0.1) is 0 Å². The minimum atomic E-state index is -6.36. The largest absolute Gasteiger partial charge is 0.641 e. The van der Waals surface area contributed by atoms with Crippen LogP contribution in [0.15, 0.2) is 0 Å². The van der Waals surface area contributed by atoms with Crippen molar-refractivity contribution >= 4 is 78.7 Å². The lowest BCUT2D eigenvalue weighted by Gasteiger charge is -2.50. The van der Waals surface area contributed by atoms with Crippen molar-refractivity contribution < 1.29 is 12.3 Å². The van der Waals surface area contributed by atoms with Crippen LogP contribution in [-0.4, -0.2) is 27.6 Å². The van der Waals surface area contributed by atoms with Crippen molar-refractivity contribution in [1.82, 2.24) is 0 Å². The van der Waals surface area contributed by atoms with E-state index >= 15 is 0 Å². The average molecular weight is 375 g/mol. The van der Waals surface area contributed by atoms with Crippen molar-refractivity contribution in [3.63, 3.8) is 0 Å². The molecule has 0 saturated heterocycles. The third-order valence-corrected chi connectivity index (χ3v) is 9.14. The quantitative estimate of drug-likeness (QED) is 0.340. The maximum atomic E-state index is 13.0. The molecule has 0 aromatic rings. The van der Waals surface area contributed by atoms with Crippen molar-refractivity contribution in [3.05, 3.63) is 0 Å². The van der Waals surface area contributed by atoms with Crippen LogP contribution >= 0.6 is 69.6 Å². The van der Waals surface area contributed by atoms with E-state index in [0.717, 1.165) is 0 Å². The number of rotatable bonds is 1.